The average Bonchev–Trinajstić information content (AvgIpc) is 2.90. The van der Waals surface area contributed by atoms with Crippen LogP contribution in [0.15, 0.2) is 24.4 Å². The molecule has 2 aromatic heterocycles. The topological polar surface area (TPSA) is 66.3 Å². The van der Waals surface area contributed by atoms with Crippen molar-refractivity contribution in [3.63, 3.8) is 0 Å². The van der Waals surface area contributed by atoms with Crippen molar-refractivity contribution < 1.29 is 9.90 Å². The monoisotopic (exact) mass is 305 g/mol. The molecule has 0 atom stereocenters. The average molecular weight is 305 g/mol. The normalized spacial score (nSPS) is 10.6. The number of hydrogen-bond acceptors (Lipinski definition) is 5. The fourth-order valence-corrected chi connectivity index (χ4v) is 2.94. The summed E-state index contributed by atoms with van der Waals surface area (Å²) in [5.74, 6) is -0.889. The summed E-state index contributed by atoms with van der Waals surface area (Å²) in [5, 5.41) is 9.99. The van der Waals surface area contributed by atoms with Crippen LogP contribution in [0.2, 0.25) is 0 Å². The highest BCUT2D eigenvalue weighted by atomic mass is 32.1. The van der Waals surface area contributed by atoms with Gasteiger partial charge in [0.2, 0.25) is 0 Å². The third kappa shape index (κ3) is 4.01. The first kappa shape index (κ1) is 15.4. The number of aryl methyl sites for hydroxylation is 1. The van der Waals surface area contributed by atoms with E-state index in [1.165, 1.54) is 11.3 Å². The summed E-state index contributed by atoms with van der Waals surface area (Å²) in [6.45, 7) is 2.78. The van der Waals surface area contributed by atoms with Gasteiger partial charge in [0.15, 0.2) is 5.13 Å². The number of carbonyl (C=O) groups is 1. The molecule has 0 saturated carbocycles. The molecule has 0 spiro atoms. The van der Waals surface area contributed by atoms with Crippen LogP contribution in [0.4, 0.5) is 5.13 Å². The van der Waals surface area contributed by atoms with E-state index in [1.807, 2.05) is 37.1 Å². The molecule has 0 unspecified atom stereocenters. The van der Waals surface area contributed by atoms with Crippen molar-refractivity contribution in [2.45, 2.75) is 26.2 Å². The van der Waals surface area contributed by atoms with Crippen molar-refractivity contribution in [3.05, 3.63) is 40.7 Å². The number of hydrogen-bond donors (Lipinski definition) is 1. The summed E-state index contributed by atoms with van der Waals surface area (Å²) in [6.07, 6.45) is 4.18. The van der Waals surface area contributed by atoms with E-state index in [-0.39, 0.29) is 0 Å². The van der Waals surface area contributed by atoms with Crippen molar-refractivity contribution >= 4 is 22.4 Å². The van der Waals surface area contributed by atoms with Gasteiger partial charge in [0, 0.05) is 31.9 Å². The molecule has 2 rings (SSSR count). The highest BCUT2D eigenvalue weighted by molar-refractivity contribution is 7.17. The van der Waals surface area contributed by atoms with Gasteiger partial charge in [0.25, 0.3) is 0 Å². The van der Waals surface area contributed by atoms with Crippen LogP contribution >= 0.6 is 11.3 Å². The summed E-state index contributed by atoms with van der Waals surface area (Å²) in [4.78, 5) is 22.4. The number of rotatable bonds is 7. The Morgan fingerprint density at radius 1 is 1.38 bits per heavy atom. The number of thiazole rings is 1. The molecule has 0 aliphatic heterocycles. The molecule has 0 amide bonds. The second kappa shape index (κ2) is 7.17. The Hall–Kier alpha value is -1.95. The molecule has 0 radical (unpaired) electrons. The maximum atomic E-state index is 11.3. The Bertz CT molecular complexity index is 598. The quantitative estimate of drug-likeness (QED) is 0.852. The predicted molar refractivity (Wildman–Crippen MR) is 84.3 cm³/mol. The fourth-order valence-electron chi connectivity index (χ4n) is 2.00. The van der Waals surface area contributed by atoms with Gasteiger partial charge in [-0.1, -0.05) is 30.7 Å². The van der Waals surface area contributed by atoms with E-state index < -0.39 is 5.97 Å². The van der Waals surface area contributed by atoms with Gasteiger partial charge in [-0.05, 0) is 18.6 Å². The van der Waals surface area contributed by atoms with Crippen molar-refractivity contribution in [2.24, 2.45) is 0 Å². The van der Waals surface area contributed by atoms with Crippen LogP contribution in [0.1, 0.15) is 34.4 Å². The minimum atomic E-state index is -0.889. The molecule has 5 nitrogen and oxygen atoms in total. The molecule has 0 aliphatic rings. The van der Waals surface area contributed by atoms with Crippen LogP contribution in [-0.2, 0) is 12.8 Å². The molecule has 21 heavy (non-hydrogen) atoms. The Morgan fingerprint density at radius 2 is 2.19 bits per heavy atom. The molecule has 2 heterocycles. The minimum absolute atomic E-state index is 0.358. The highest BCUT2D eigenvalue weighted by Crippen LogP contribution is 2.26. The SMILES string of the molecule is CCCc1nc(N(C)CCc2ccccn2)sc1C(=O)O. The van der Waals surface area contributed by atoms with Crippen LogP contribution in [0, 0.1) is 0 Å². The number of anilines is 1. The Balaban J connectivity index is 2.06. The molecular formula is C15H19N3O2S. The number of likely N-dealkylation sites (N-methyl/N-ethyl adjacent to an activating group) is 1. The number of pyridine rings is 1. The molecule has 0 aliphatic carbocycles. The third-order valence-corrected chi connectivity index (χ3v) is 4.32. The summed E-state index contributed by atoms with van der Waals surface area (Å²) >= 11 is 1.25. The fraction of sp³-hybridized carbons (Fsp3) is 0.400. The second-order valence-corrected chi connectivity index (χ2v) is 5.80. The van der Waals surface area contributed by atoms with E-state index in [0.717, 1.165) is 30.2 Å². The zero-order chi connectivity index (χ0) is 15.2. The van der Waals surface area contributed by atoms with Crippen LogP contribution in [-0.4, -0.2) is 34.6 Å². The summed E-state index contributed by atoms with van der Waals surface area (Å²) in [5.41, 5.74) is 1.71. The number of carboxylic acids is 1. The van der Waals surface area contributed by atoms with Crippen LogP contribution in [0.5, 0.6) is 0 Å². The molecule has 0 aromatic carbocycles. The molecular weight excluding hydrogens is 286 g/mol. The molecule has 0 fully saturated rings. The first-order valence-electron chi connectivity index (χ1n) is 6.95. The minimum Gasteiger partial charge on any atom is -0.477 e. The van der Waals surface area contributed by atoms with Crippen molar-refractivity contribution in [3.8, 4) is 0 Å². The third-order valence-electron chi connectivity index (χ3n) is 3.12. The predicted octanol–water partition coefficient (Wildman–Crippen LogP) is 2.87. The van der Waals surface area contributed by atoms with Crippen LogP contribution in [0.3, 0.4) is 0 Å². The molecule has 2 aromatic rings. The van der Waals surface area contributed by atoms with Crippen LogP contribution < -0.4 is 4.90 Å². The van der Waals surface area contributed by atoms with Gasteiger partial charge in [-0.3, -0.25) is 4.98 Å². The van der Waals surface area contributed by atoms with Gasteiger partial charge in [-0.25, -0.2) is 9.78 Å². The molecule has 6 heteroatoms. The van der Waals surface area contributed by atoms with Gasteiger partial charge >= 0.3 is 5.97 Å². The maximum Gasteiger partial charge on any atom is 0.347 e. The number of aromatic nitrogens is 2. The van der Waals surface area contributed by atoms with Crippen molar-refractivity contribution in [2.75, 3.05) is 18.5 Å². The first-order valence-corrected chi connectivity index (χ1v) is 7.77. The van der Waals surface area contributed by atoms with E-state index in [1.54, 1.807) is 6.20 Å². The van der Waals surface area contributed by atoms with E-state index in [0.29, 0.717) is 17.0 Å². The zero-order valence-electron chi connectivity index (χ0n) is 12.2. The van der Waals surface area contributed by atoms with Gasteiger partial charge < -0.3 is 10.0 Å². The molecule has 1 N–H and O–H groups in total. The number of nitrogens with zero attached hydrogens (tertiary/aromatic N) is 3. The Morgan fingerprint density at radius 3 is 2.81 bits per heavy atom. The van der Waals surface area contributed by atoms with Crippen molar-refractivity contribution in [1.82, 2.24) is 9.97 Å². The lowest BCUT2D eigenvalue weighted by molar-refractivity contribution is 0.0700. The van der Waals surface area contributed by atoms with E-state index >= 15 is 0 Å². The standard InChI is InChI=1S/C15H19N3O2S/c1-3-6-12-13(14(19)20)21-15(17-12)18(2)10-8-11-7-4-5-9-16-11/h4-5,7,9H,3,6,8,10H2,1-2H3,(H,19,20). The van der Waals surface area contributed by atoms with E-state index in [2.05, 4.69) is 9.97 Å². The van der Waals surface area contributed by atoms with Crippen LogP contribution in [0.25, 0.3) is 0 Å². The maximum absolute atomic E-state index is 11.3. The lowest BCUT2D eigenvalue weighted by Gasteiger charge is -2.15. The summed E-state index contributed by atoms with van der Waals surface area (Å²) < 4.78 is 0. The number of carboxylic acid groups (broad SMARTS) is 1. The zero-order valence-corrected chi connectivity index (χ0v) is 13.1. The van der Waals surface area contributed by atoms with Crippen molar-refractivity contribution in [1.29, 1.82) is 0 Å². The molecule has 112 valence electrons. The van der Waals surface area contributed by atoms with Gasteiger partial charge in [0.05, 0.1) is 5.69 Å². The summed E-state index contributed by atoms with van der Waals surface area (Å²) in [7, 11) is 1.93. The van der Waals surface area contributed by atoms with Gasteiger partial charge in [-0.15, -0.1) is 0 Å². The second-order valence-electron chi connectivity index (χ2n) is 4.82. The lowest BCUT2D eigenvalue weighted by atomic mass is 10.2. The lowest BCUT2D eigenvalue weighted by Crippen LogP contribution is -2.20. The summed E-state index contributed by atoms with van der Waals surface area (Å²) in [6, 6.07) is 5.85. The smallest absolute Gasteiger partial charge is 0.347 e. The highest BCUT2D eigenvalue weighted by Gasteiger charge is 2.18. The van der Waals surface area contributed by atoms with Gasteiger partial charge in [0.1, 0.15) is 4.88 Å². The molecule has 0 saturated heterocycles. The largest absolute Gasteiger partial charge is 0.477 e. The Kier molecular flexibility index (Phi) is 5.27. The Labute approximate surface area is 128 Å². The molecule has 0 bridgehead atoms. The van der Waals surface area contributed by atoms with Gasteiger partial charge in [-0.2, -0.15) is 0 Å². The first-order chi connectivity index (χ1) is 10.1. The number of aromatic carboxylic acids is 1. The van der Waals surface area contributed by atoms with E-state index in [4.69, 9.17) is 0 Å². The van der Waals surface area contributed by atoms with E-state index in [9.17, 15) is 9.90 Å².